The van der Waals surface area contributed by atoms with E-state index < -0.39 is 61.4 Å². The summed E-state index contributed by atoms with van der Waals surface area (Å²) in [6.07, 6.45) is -8.81. The molecule has 2 saturated heterocycles. The van der Waals surface area contributed by atoms with Crippen molar-refractivity contribution in [1.82, 2.24) is 0 Å². The van der Waals surface area contributed by atoms with Gasteiger partial charge in [0.05, 0.1) is 66.6 Å². The van der Waals surface area contributed by atoms with E-state index >= 15 is 0 Å². The van der Waals surface area contributed by atoms with Crippen LogP contribution in [0.3, 0.4) is 0 Å². The third-order valence-electron chi connectivity index (χ3n) is 14.0. The molecule has 6 unspecified atom stereocenters. The molecule has 414 valence electrons. The van der Waals surface area contributed by atoms with E-state index in [4.69, 9.17) is 56.8 Å². The zero-order valence-corrected chi connectivity index (χ0v) is 45.1. The van der Waals surface area contributed by atoms with E-state index in [0.29, 0.717) is 24.7 Å². The van der Waals surface area contributed by atoms with Gasteiger partial charge in [-0.15, -0.1) is 0 Å². The summed E-state index contributed by atoms with van der Waals surface area (Å²) in [7, 11) is 1.63. The topological polar surface area (TPSA) is 111 Å². The molecule has 10 rings (SSSR count). The quantitative estimate of drug-likeness (QED) is 0.0466. The lowest BCUT2D eigenvalue weighted by Crippen LogP contribution is -2.66. The van der Waals surface area contributed by atoms with Crippen molar-refractivity contribution in [2.45, 2.75) is 108 Å². The molecule has 8 aromatic carbocycles. The first kappa shape index (κ1) is 56.2. The molecule has 2 aliphatic rings. The van der Waals surface area contributed by atoms with E-state index in [1.807, 2.05) is 237 Å². The van der Waals surface area contributed by atoms with Crippen molar-refractivity contribution in [3.8, 4) is 11.5 Å². The van der Waals surface area contributed by atoms with Gasteiger partial charge in [-0.05, 0) is 63.2 Å². The van der Waals surface area contributed by atoms with Crippen LogP contribution in [0.4, 0.5) is 0 Å². The van der Waals surface area contributed by atoms with Crippen LogP contribution < -0.4 is 9.47 Å². The van der Waals surface area contributed by atoms with Crippen molar-refractivity contribution in [2.75, 3.05) is 20.3 Å². The number of hydrogen-bond donors (Lipinski definition) is 0. The molecule has 0 spiro atoms. The molecule has 0 amide bonds. The molecule has 2 aliphatic heterocycles. The minimum absolute atomic E-state index is 0.0707. The number of rotatable bonds is 28. The van der Waals surface area contributed by atoms with Crippen LogP contribution in [0.1, 0.15) is 38.9 Å². The number of ether oxygens (including phenoxy) is 12. The Hall–Kier alpha value is -7.04. The number of hydrogen-bond acceptors (Lipinski definition) is 12. The Bertz CT molecular complexity index is 2950. The zero-order chi connectivity index (χ0) is 54.4. The molecule has 80 heavy (non-hydrogen) atoms. The van der Waals surface area contributed by atoms with Crippen LogP contribution in [0.5, 0.6) is 11.5 Å². The van der Waals surface area contributed by atoms with Gasteiger partial charge in [-0.25, -0.2) is 0 Å². The first-order valence-corrected chi connectivity index (χ1v) is 27.4. The molecule has 0 aromatic heterocycles. The van der Waals surface area contributed by atoms with Gasteiger partial charge in [0.2, 0.25) is 6.29 Å². The fourth-order valence-electron chi connectivity index (χ4n) is 9.84. The van der Waals surface area contributed by atoms with Gasteiger partial charge in [0.1, 0.15) is 60.3 Å². The summed E-state index contributed by atoms with van der Waals surface area (Å²) < 4.78 is 83.3. The van der Waals surface area contributed by atoms with Crippen LogP contribution in [0, 0.1) is 0 Å². The molecule has 12 heteroatoms. The van der Waals surface area contributed by atoms with Crippen molar-refractivity contribution in [3.05, 3.63) is 276 Å². The van der Waals surface area contributed by atoms with Gasteiger partial charge in [0.15, 0.2) is 6.29 Å². The van der Waals surface area contributed by atoms with Crippen LogP contribution in [-0.4, -0.2) is 81.7 Å². The van der Waals surface area contributed by atoms with Gasteiger partial charge >= 0.3 is 0 Å². The van der Waals surface area contributed by atoms with Crippen molar-refractivity contribution in [3.63, 3.8) is 0 Å². The van der Waals surface area contributed by atoms with Crippen molar-refractivity contribution in [2.24, 2.45) is 0 Å². The predicted octanol–water partition coefficient (Wildman–Crippen LogP) is 12.3. The monoisotopic (exact) mass is 1080 g/mol. The summed E-state index contributed by atoms with van der Waals surface area (Å²) in [5.41, 5.74) is 6.83. The van der Waals surface area contributed by atoms with Crippen LogP contribution in [0.2, 0.25) is 0 Å². The Kier molecular flexibility index (Phi) is 21.1. The van der Waals surface area contributed by atoms with Gasteiger partial charge in [-0.1, -0.05) is 212 Å². The molecule has 8 aromatic rings. The molecular formula is C68H70O12. The second-order valence-corrected chi connectivity index (χ2v) is 19.8. The normalized spacial score (nSPS) is 22.8. The maximum atomic E-state index is 7.63. The Morgan fingerprint density at radius 3 is 0.950 bits per heavy atom. The van der Waals surface area contributed by atoms with Crippen LogP contribution in [-0.2, 0) is 93.6 Å². The van der Waals surface area contributed by atoms with Crippen LogP contribution in [0.15, 0.2) is 237 Å². The van der Waals surface area contributed by atoms with Gasteiger partial charge in [0.25, 0.3) is 0 Å². The molecule has 2 fully saturated rings. The smallest absolute Gasteiger partial charge is 0.229 e. The summed E-state index contributed by atoms with van der Waals surface area (Å²) in [6.45, 7) is 1.99. The van der Waals surface area contributed by atoms with E-state index in [-0.39, 0.29) is 46.2 Å². The second-order valence-electron chi connectivity index (χ2n) is 19.8. The standard InChI is InChI=1S/C68H70O12/c1-69-57-37-39-58(40-38-57)77-67-66(76-47-56-35-21-8-22-36-56)64(74-45-54-31-17-6-18-32-54)62(60(79-67)49-71-42-51-25-11-3-12-26-51)80-68-65(75-46-55-33-19-7-20-34-55)63(73-44-53-29-15-5-16-30-53)61(72-43-52-27-13-4-14-28-52)59(78-68)48-70-41-50-23-9-2-10-24-50/h2-40,59-68H,41-49H2,1H3/t59?,60?,61-,62-,63?,64?,65?,66?,67+,68+/m1/s1. The average molecular weight is 1080 g/mol. The highest BCUT2D eigenvalue weighted by atomic mass is 16.8. The van der Waals surface area contributed by atoms with Crippen molar-refractivity contribution >= 4 is 0 Å². The molecule has 12 nitrogen and oxygen atoms in total. The summed E-state index contributed by atoms with van der Waals surface area (Å²) in [5.74, 6) is 1.22. The summed E-state index contributed by atoms with van der Waals surface area (Å²) in [6, 6.07) is 77.7. The second kappa shape index (κ2) is 30.0. The Morgan fingerprint density at radius 2 is 0.575 bits per heavy atom. The molecule has 0 aliphatic carbocycles. The first-order chi connectivity index (χ1) is 39.6. The predicted molar refractivity (Wildman–Crippen MR) is 303 cm³/mol. The molecule has 0 saturated carbocycles. The molecular weight excluding hydrogens is 1010 g/mol. The lowest BCUT2D eigenvalue weighted by molar-refractivity contribution is -0.372. The van der Waals surface area contributed by atoms with E-state index in [1.165, 1.54) is 0 Å². The molecule has 2 heterocycles. The van der Waals surface area contributed by atoms with E-state index in [1.54, 1.807) is 7.11 Å². The number of methoxy groups -OCH3 is 1. The summed E-state index contributed by atoms with van der Waals surface area (Å²) >= 11 is 0. The Balaban J connectivity index is 1.06. The van der Waals surface area contributed by atoms with Gasteiger partial charge < -0.3 is 56.8 Å². The van der Waals surface area contributed by atoms with E-state index in [2.05, 4.69) is 0 Å². The Labute approximate surface area is 469 Å². The first-order valence-electron chi connectivity index (χ1n) is 27.4. The minimum atomic E-state index is -1.14. The summed E-state index contributed by atoms with van der Waals surface area (Å²) in [5, 5.41) is 0. The Morgan fingerprint density at radius 1 is 0.287 bits per heavy atom. The van der Waals surface area contributed by atoms with E-state index in [0.717, 1.165) is 38.9 Å². The highest BCUT2D eigenvalue weighted by molar-refractivity contribution is 5.31. The van der Waals surface area contributed by atoms with Crippen LogP contribution in [0.25, 0.3) is 0 Å². The lowest BCUT2D eigenvalue weighted by Gasteiger charge is -2.50. The van der Waals surface area contributed by atoms with Crippen molar-refractivity contribution < 1.29 is 56.8 Å². The van der Waals surface area contributed by atoms with E-state index in [9.17, 15) is 0 Å². The lowest BCUT2D eigenvalue weighted by atomic mass is 9.95. The maximum Gasteiger partial charge on any atom is 0.229 e. The largest absolute Gasteiger partial charge is 0.497 e. The third-order valence-corrected chi connectivity index (χ3v) is 14.0. The maximum absolute atomic E-state index is 7.63. The third kappa shape index (κ3) is 16.3. The average Bonchev–Trinajstić information content (AvgIpc) is 3.60. The molecule has 0 N–H and O–H groups in total. The highest BCUT2D eigenvalue weighted by Crippen LogP contribution is 2.38. The molecule has 10 atom stereocenters. The fraction of sp³-hybridized carbons (Fsp3) is 0.294. The summed E-state index contributed by atoms with van der Waals surface area (Å²) in [4.78, 5) is 0. The number of benzene rings is 8. The van der Waals surface area contributed by atoms with Gasteiger partial charge in [-0.2, -0.15) is 0 Å². The SMILES string of the molecule is COc1ccc(O[C@H]2OC(COCc3ccccc3)[C@@H](O[C@@H]3OC(COCc4ccccc4)[C@@H](OCc4ccccc4)C(OCc4ccccc4)C3OCc3ccccc3)C(OCc3ccccc3)C2OCc2ccccc2)cc1. The van der Waals surface area contributed by atoms with Crippen LogP contribution >= 0.6 is 0 Å². The fourth-order valence-corrected chi connectivity index (χ4v) is 9.84. The molecule has 0 bridgehead atoms. The van der Waals surface area contributed by atoms with Crippen molar-refractivity contribution in [1.29, 1.82) is 0 Å². The van der Waals surface area contributed by atoms with Gasteiger partial charge in [-0.3, -0.25) is 0 Å². The zero-order valence-electron chi connectivity index (χ0n) is 45.1. The van der Waals surface area contributed by atoms with Gasteiger partial charge in [0, 0.05) is 0 Å². The highest BCUT2D eigenvalue weighted by Gasteiger charge is 2.55. The minimum Gasteiger partial charge on any atom is -0.497 e. The molecule has 0 radical (unpaired) electrons.